The molecule has 0 amide bonds. The summed E-state index contributed by atoms with van der Waals surface area (Å²) in [6.07, 6.45) is -0.964. The van der Waals surface area contributed by atoms with Crippen molar-refractivity contribution < 1.29 is 30.6 Å². The largest absolute Gasteiger partial charge is 0.507 e. The van der Waals surface area contributed by atoms with Gasteiger partial charge in [-0.2, -0.15) is 61.4 Å². The van der Waals surface area contributed by atoms with Crippen LogP contribution in [0, 0.1) is 0 Å². The molecule has 12 bridgehead atoms. The second-order valence-corrected chi connectivity index (χ2v) is 26.4. The predicted molar refractivity (Wildman–Crippen MR) is 399 cm³/mol. The van der Waals surface area contributed by atoms with Gasteiger partial charge in [0.2, 0.25) is 0 Å². The van der Waals surface area contributed by atoms with Crippen LogP contribution in [0.15, 0.2) is 280 Å². The molecule has 0 saturated carbocycles. The Labute approximate surface area is 614 Å². The van der Waals surface area contributed by atoms with E-state index in [0.29, 0.717) is 64.3 Å². The van der Waals surface area contributed by atoms with E-state index < -0.39 is 0 Å². The van der Waals surface area contributed by atoms with Crippen molar-refractivity contribution in [1.82, 2.24) is 0 Å². The molecule has 18 nitrogen and oxygen atoms in total. The molecule has 12 aromatic rings. The summed E-state index contributed by atoms with van der Waals surface area (Å²) in [6, 6.07) is 60.0. The second-order valence-electron chi connectivity index (χ2n) is 23.8. The summed E-state index contributed by atoms with van der Waals surface area (Å²) >= 11 is 37.6. The van der Waals surface area contributed by atoms with Crippen molar-refractivity contribution in [1.29, 1.82) is 0 Å². The van der Waals surface area contributed by atoms with Gasteiger partial charge in [0.25, 0.3) is 0 Å². The molecule has 0 aliphatic heterocycles. The van der Waals surface area contributed by atoms with E-state index in [0.717, 1.165) is 0 Å². The van der Waals surface area contributed by atoms with Crippen LogP contribution in [0.1, 0.15) is 66.8 Å². The van der Waals surface area contributed by atoms with Crippen LogP contribution in [0.25, 0.3) is 0 Å². The lowest BCUT2D eigenvalue weighted by Gasteiger charge is -2.18. The maximum Gasteiger partial charge on any atom is 0.122 e. The molecule has 6 N–H and O–H groups in total. The van der Waals surface area contributed by atoms with Crippen LogP contribution >= 0.6 is 69.6 Å². The van der Waals surface area contributed by atoms with Gasteiger partial charge >= 0.3 is 0 Å². The van der Waals surface area contributed by atoms with Crippen molar-refractivity contribution in [2.75, 3.05) is 0 Å². The van der Waals surface area contributed by atoms with Crippen LogP contribution < -0.4 is 0 Å². The molecular formula is C78H54Cl6N12O6. The zero-order valence-corrected chi connectivity index (χ0v) is 57.9. The third kappa shape index (κ3) is 17.3. The van der Waals surface area contributed by atoms with Crippen LogP contribution in [-0.4, -0.2) is 30.6 Å². The first kappa shape index (κ1) is 69.3. The number of phenols is 6. The van der Waals surface area contributed by atoms with Crippen molar-refractivity contribution in [2.24, 2.45) is 61.4 Å². The number of hydrogen-bond acceptors (Lipinski definition) is 18. The second kappa shape index (κ2) is 31.1. The minimum Gasteiger partial charge on any atom is -0.507 e. The molecule has 1 aliphatic rings. The number of phenolic OH excluding ortho intramolecular Hbond substituents is 6. The van der Waals surface area contributed by atoms with E-state index in [1.165, 1.54) is 0 Å². The van der Waals surface area contributed by atoms with E-state index in [2.05, 4.69) is 61.4 Å². The van der Waals surface area contributed by atoms with Gasteiger partial charge in [-0.15, -0.1) is 0 Å². The van der Waals surface area contributed by atoms with Gasteiger partial charge in [0.05, 0.1) is 68.2 Å². The highest BCUT2D eigenvalue weighted by atomic mass is 35.5. The summed E-state index contributed by atoms with van der Waals surface area (Å²) in [4.78, 5) is 0. The normalized spacial score (nSPS) is 12.8. The van der Waals surface area contributed by atoms with Crippen LogP contribution in [0.3, 0.4) is 0 Å². The van der Waals surface area contributed by atoms with Crippen LogP contribution in [0.5, 0.6) is 34.5 Å². The fourth-order valence-corrected chi connectivity index (χ4v) is 12.1. The first-order valence-electron chi connectivity index (χ1n) is 31.5. The molecule has 0 unspecified atom stereocenters. The minimum atomic E-state index is -0.221. The van der Waals surface area contributed by atoms with Crippen molar-refractivity contribution in [3.63, 3.8) is 0 Å². The summed E-state index contributed by atoms with van der Waals surface area (Å²) in [5.41, 5.74) is 7.72. The quantitative estimate of drug-likeness (QED) is 0.0647. The van der Waals surface area contributed by atoms with Crippen molar-refractivity contribution >= 4 is 138 Å². The fraction of sp³-hybridized carbons (Fsp3) is 0.0769. The third-order valence-corrected chi connectivity index (χ3v) is 18.0. The molecule has 0 atom stereocenters. The number of nitrogens with zero attached hydrogens (tertiary/aromatic N) is 12. The molecule has 504 valence electrons. The van der Waals surface area contributed by atoms with Gasteiger partial charge in [-0.05, 0) is 218 Å². The third-order valence-electron chi connectivity index (χ3n) is 16.4. The van der Waals surface area contributed by atoms with Gasteiger partial charge in [-0.1, -0.05) is 69.6 Å². The Hall–Kier alpha value is -11.2. The smallest absolute Gasteiger partial charge is 0.122 e. The highest BCUT2D eigenvalue weighted by Crippen LogP contribution is 2.45. The van der Waals surface area contributed by atoms with Crippen LogP contribution in [0.2, 0.25) is 30.1 Å². The summed E-state index contributed by atoms with van der Waals surface area (Å²) < 4.78 is 0. The standard InChI is InChI=1S/C78H54Cl6N12O6/c79-55-1-13-61(14-2-55)85-91-67-31-43-25-45-33-68(92-86-62-15-3-56(80)4-16-62)35-47(74(45)98)27-49-37-70(94-88-64-19-7-58(82)8-20-64)39-51(76(49)100)29-53-41-72(96-90-66-23-11-60(84)12-24-66)42-54(78(53)102)30-52-40-71(95-89-65-21-9-59(83)10-22-65)38-50(77(52)101)28-48-36-69(93-87-63-17-5-57(81)6-18-63)34-46(75(48)99)26-44(32-67)73(43)97/h1-24,31-42,97-102H,25-30H2. The topological polar surface area (TPSA) is 270 Å². The van der Waals surface area contributed by atoms with E-state index in [9.17, 15) is 30.6 Å². The van der Waals surface area contributed by atoms with E-state index >= 15 is 0 Å². The number of hydrogen-bond donors (Lipinski definition) is 6. The zero-order valence-electron chi connectivity index (χ0n) is 53.3. The number of fused-ring (bicyclic) bond motifs is 12. The molecule has 0 radical (unpaired) electrons. The van der Waals surface area contributed by atoms with Crippen molar-refractivity contribution in [3.8, 4) is 34.5 Å². The highest BCUT2D eigenvalue weighted by molar-refractivity contribution is 6.32. The van der Waals surface area contributed by atoms with Gasteiger partial charge in [0.15, 0.2) is 0 Å². The van der Waals surface area contributed by atoms with Gasteiger partial charge in [0, 0.05) is 135 Å². The Morgan fingerprint density at radius 3 is 0.363 bits per heavy atom. The van der Waals surface area contributed by atoms with Crippen LogP contribution in [-0.2, 0) is 38.5 Å². The summed E-state index contributed by atoms with van der Waals surface area (Å²) in [7, 11) is 0. The monoisotopic (exact) mass is 1460 g/mol. The van der Waals surface area contributed by atoms with Gasteiger partial charge in [0.1, 0.15) is 34.5 Å². The maximum absolute atomic E-state index is 12.8. The summed E-state index contributed by atoms with van der Waals surface area (Å²) in [5, 5.41) is 135. The minimum absolute atomic E-state index is 0.161. The Balaban J connectivity index is 1.05. The molecule has 0 fully saturated rings. The molecule has 0 aromatic heterocycles. The van der Waals surface area contributed by atoms with Crippen molar-refractivity contribution in [3.05, 3.63) is 315 Å². The lowest BCUT2D eigenvalue weighted by atomic mass is 9.90. The molecule has 1 aliphatic carbocycles. The molecule has 13 rings (SSSR count). The zero-order chi connectivity index (χ0) is 71.0. The van der Waals surface area contributed by atoms with E-state index in [4.69, 9.17) is 69.6 Å². The first-order valence-corrected chi connectivity index (χ1v) is 33.7. The molecule has 12 aromatic carbocycles. The van der Waals surface area contributed by atoms with E-state index in [-0.39, 0.29) is 174 Å². The molecule has 0 heterocycles. The van der Waals surface area contributed by atoms with Gasteiger partial charge < -0.3 is 30.6 Å². The first-order chi connectivity index (χ1) is 49.3. The average molecular weight is 1470 g/mol. The average Bonchev–Trinajstić information content (AvgIpc) is 0.790. The number of halogens is 6. The number of aromatic hydroxyl groups is 6. The SMILES string of the molecule is Oc1c2cc(N=Nc3ccc(Cl)cc3)cc1Cc1cc(N=Nc3ccc(Cl)cc3)cc(c1O)Cc1cc(N=Nc3ccc(Cl)cc3)cc(c1O)Cc1cc(N=Nc3ccc(Cl)cc3)cc(c1O)Cc1cc(N=Nc3ccc(Cl)cc3)cc(c1O)Cc1cc(N=Nc3ccc(Cl)cc3)cc(c1O)C2. The number of azo groups is 6. The van der Waals surface area contributed by atoms with Crippen molar-refractivity contribution in [2.45, 2.75) is 38.5 Å². The Morgan fingerprint density at radius 1 is 0.157 bits per heavy atom. The summed E-state index contributed by atoms with van der Waals surface area (Å²) in [5.74, 6) is -1.33. The van der Waals surface area contributed by atoms with Gasteiger partial charge in [-0.25, -0.2) is 0 Å². The molecule has 0 saturated heterocycles. The van der Waals surface area contributed by atoms with E-state index in [1.54, 1.807) is 218 Å². The lowest BCUT2D eigenvalue weighted by Crippen LogP contribution is -2.01. The van der Waals surface area contributed by atoms with Gasteiger partial charge in [-0.3, -0.25) is 0 Å². The molecule has 0 spiro atoms. The highest BCUT2D eigenvalue weighted by Gasteiger charge is 2.24. The number of benzene rings is 12. The lowest BCUT2D eigenvalue weighted by molar-refractivity contribution is 0.451. The Kier molecular flexibility index (Phi) is 21.1. The maximum atomic E-state index is 12.8. The summed E-state index contributed by atoms with van der Waals surface area (Å²) in [6.45, 7) is 0. The molecule has 102 heavy (non-hydrogen) atoms. The Morgan fingerprint density at radius 2 is 0.255 bits per heavy atom. The molecule has 24 heteroatoms. The Bertz CT molecular complexity index is 4350. The van der Waals surface area contributed by atoms with Crippen LogP contribution in [0.4, 0.5) is 68.2 Å². The molecular weight excluding hydrogens is 1410 g/mol. The van der Waals surface area contributed by atoms with E-state index in [1.807, 2.05) is 0 Å². The predicted octanol–water partition coefficient (Wildman–Crippen LogP) is 26.2. The number of rotatable bonds is 12. The fourth-order valence-electron chi connectivity index (χ4n) is 11.4.